The summed E-state index contributed by atoms with van der Waals surface area (Å²) in [5.74, 6) is 0.210. The maximum Gasteiger partial charge on any atom is 0.162 e. The van der Waals surface area contributed by atoms with Gasteiger partial charge in [0.15, 0.2) is 5.78 Å². The average Bonchev–Trinajstić information content (AvgIpc) is 2.56. The molecule has 0 spiro atoms. The minimum atomic E-state index is -0.185. The molecule has 1 saturated carbocycles. The zero-order valence-corrected chi connectivity index (χ0v) is 7.51. The lowest BCUT2D eigenvalue weighted by atomic mass is 9.87. The fourth-order valence-corrected chi connectivity index (χ4v) is 1.60. The molecule has 0 radical (unpaired) electrons. The van der Waals surface area contributed by atoms with Gasteiger partial charge in [0, 0.05) is 25.4 Å². The second-order valence-corrected chi connectivity index (χ2v) is 3.10. The van der Waals surface area contributed by atoms with Gasteiger partial charge in [-0.3, -0.25) is 9.48 Å². The van der Waals surface area contributed by atoms with Crippen molar-refractivity contribution >= 4 is 5.78 Å². The smallest absolute Gasteiger partial charge is 0.162 e. The average molecular weight is 180 g/mol. The Balaban J connectivity index is 2.09. The van der Waals surface area contributed by atoms with Gasteiger partial charge in [0.25, 0.3) is 0 Å². The van der Waals surface area contributed by atoms with E-state index in [-0.39, 0.29) is 17.9 Å². The molecule has 0 aliphatic heterocycles. The first-order chi connectivity index (χ1) is 6.33. The van der Waals surface area contributed by atoms with E-state index in [1.54, 1.807) is 17.1 Å². The highest BCUT2D eigenvalue weighted by molar-refractivity contribution is 5.89. The SMILES string of the molecule is CCO[C@H]1CC(=O)[C@H]1n1cccn1. The molecule has 2 rings (SSSR count). The number of carbonyl (C=O) groups excluding carboxylic acids is 1. The van der Waals surface area contributed by atoms with E-state index < -0.39 is 0 Å². The van der Waals surface area contributed by atoms with Crippen molar-refractivity contribution in [3.8, 4) is 0 Å². The first-order valence-corrected chi connectivity index (χ1v) is 4.46. The molecule has 1 aliphatic rings. The van der Waals surface area contributed by atoms with Crippen molar-refractivity contribution in [3.05, 3.63) is 18.5 Å². The largest absolute Gasteiger partial charge is 0.375 e. The van der Waals surface area contributed by atoms with E-state index >= 15 is 0 Å². The Labute approximate surface area is 76.5 Å². The van der Waals surface area contributed by atoms with Crippen LogP contribution in [0.4, 0.5) is 0 Å². The number of ketones is 1. The number of hydrogen-bond acceptors (Lipinski definition) is 3. The van der Waals surface area contributed by atoms with Crippen LogP contribution in [0, 0.1) is 0 Å². The third kappa shape index (κ3) is 1.37. The van der Waals surface area contributed by atoms with Gasteiger partial charge < -0.3 is 4.74 Å². The normalized spacial score (nSPS) is 27.3. The van der Waals surface area contributed by atoms with Crippen molar-refractivity contribution in [2.24, 2.45) is 0 Å². The molecular formula is C9H12N2O2. The third-order valence-corrected chi connectivity index (χ3v) is 2.28. The van der Waals surface area contributed by atoms with Crippen molar-refractivity contribution in [2.75, 3.05) is 6.61 Å². The van der Waals surface area contributed by atoms with E-state index in [4.69, 9.17) is 4.74 Å². The van der Waals surface area contributed by atoms with Gasteiger partial charge in [-0.15, -0.1) is 0 Å². The van der Waals surface area contributed by atoms with E-state index in [0.29, 0.717) is 13.0 Å². The van der Waals surface area contributed by atoms with Crippen LogP contribution < -0.4 is 0 Å². The van der Waals surface area contributed by atoms with Gasteiger partial charge in [0.1, 0.15) is 6.04 Å². The zero-order valence-electron chi connectivity index (χ0n) is 7.51. The van der Waals surface area contributed by atoms with E-state index in [2.05, 4.69) is 5.10 Å². The minimum Gasteiger partial charge on any atom is -0.375 e. The van der Waals surface area contributed by atoms with Crippen molar-refractivity contribution in [1.82, 2.24) is 9.78 Å². The molecule has 1 aliphatic carbocycles. The number of aromatic nitrogens is 2. The maximum atomic E-state index is 11.3. The third-order valence-electron chi connectivity index (χ3n) is 2.28. The number of ether oxygens (including phenoxy) is 1. The second kappa shape index (κ2) is 3.30. The quantitative estimate of drug-likeness (QED) is 0.691. The Bertz CT molecular complexity index is 295. The maximum absolute atomic E-state index is 11.3. The molecule has 70 valence electrons. The van der Waals surface area contributed by atoms with Gasteiger partial charge >= 0.3 is 0 Å². The molecule has 0 bridgehead atoms. The number of rotatable bonds is 3. The molecule has 0 unspecified atom stereocenters. The van der Waals surface area contributed by atoms with Crippen LogP contribution in [0.3, 0.4) is 0 Å². The summed E-state index contributed by atoms with van der Waals surface area (Å²) in [6, 6.07) is 1.63. The first kappa shape index (κ1) is 8.44. The summed E-state index contributed by atoms with van der Waals surface area (Å²) in [5.41, 5.74) is 0. The lowest BCUT2D eigenvalue weighted by Gasteiger charge is -2.34. The molecule has 1 aromatic heterocycles. The molecule has 0 saturated heterocycles. The fourth-order valence-electron chi connectivity index (χ4n) is 1.60. The molecule has 0 aromatic carbocycles. The van der Waals surface area contributed by atoms with Crippen molar-refractivity contribution in [2.45, 2.75) is 25.5 Å². The van der Waals surface area contributed by atoms with Gasteiger partial charge in [-0.25, -0.2) is 0 Å². The van der Waals surface area contributed by atoms with E-state index in [1.807, 2.05) is 13.0 Å². The topological polar surface area (TPSA) is 44.1 Å². The van der Waals surface area contributed by atoms with Crippen LogP contribution in [0.15, 0.2) is 18.5 Å². The molecule has 1 aromatic rings. The van der Waals surface area contributed by atoms with E-state index in [0.717, 1.165) is 0 Å². The van der Waals surface area contributed by atoms with Gasteiger partial charge in [-0.2, -0.15) is 5.10 Å². The van der Waals surface area contributed by atoms with Gasteiger partial charge in [-0.1, -0.05) is 0 Å². The number of hydrogen-bond donors (Lipinski definition) is 0. The van der Waals surface area contributed by atoms with Crippen LogP contribution in [0.1, 0.15) is 19.4 Å². The highest BCUT2D eigenvalue weighted by atomic mass is 16.5. The molecule has 2 atom stereocenters. The molecule has 4 heteroatoms. The van der Waals surface area contributed by atoms with E-state index in [9.17, 15) is 4.79 Å². The van der Waals surface area contributed by atoms with Crippen LogP contribution in [-0.2, 0) is 9.53 Å². The molecule has 0 N–H and O–H groups in total. The summed E-state index contributed by atoms with van der Waals surface area (Å²) in [6.45, 7) is 2.58. The predicted molar refractivity (Wildman–Crippen MR) is 46.3 cm³/mol. The van der Waals surface area contributed by atoms with Crippen LogP contribution in [-0.4, -0.2) is 28.3 Å². The lowest BCUT2D eigenvalue weighted by Crippen LogP contribution is -2.45. The number of carbonyl (C=O) groups is 1. The molecule has 0 amide bonds. The highest BCUT2D eigenvalue weighted by Gasteiger charge is 2.42. The first-order valence-electron chi connectivity index (χ1n) is 4.46. The van der Waals surface area contributed by atoms with Gasteiger partial charge in [0.2, 0.25) is 0 Å². The lowest BCUT2D eigenvalue weighted by molar-refractivity contribution is -0.143. The summed E-state index contributed by atoms with van der Waals surface area (Å²) < 4.78 is 7.08. The standard InChI is InChI=1S/C9H12N2O2/c1-2-13-8-6-7(12)9(8)11-5-3-4-10-11/h3-5,8-9H,2,6H2,1H3/t8-,9+/m0/s1. The van der Waals surface area contributed by atoms with Crippen LogP contribution >= 0.6 is 0 Å². The Morgan fingerprint density at radius 2 is 2.62 bits per heavy atom. The van der Waals surface area contributed by atoms with Crippen molar-refractivity contribution in [3.63, 3.8) is 0 Å². The molecule has 13 heavy (non-hydrogen) atoms. The van der Waals surface area contributed by atoms with Crippen molar-refractivity contribution < 1.29 is 9.53 Å². The number of nitrogens with zero attached hydrogens (tertiary/aromatic N) is 2. The predicted octanol–water partition coefficient (Wildman–Crippen LogP) is 0.802. The monoisotopic (exact) mass is 180 g/mol. The molecule has 1 fully saturated rings. The second-order valence-electron chi connectivity index (χ2n) is 3.10. The minimum absolute atomic E-state index is 0.0254. The zero-order chi connectivity index (χ0) is 9.26. The van der Waals surface area contributed by atoms with Gasteiger partial charge in [-0.05, 0) is 13.0 Å². The summed E-state index contributed by atoms with van der Waals surface area (Å²) in [7, 11) is 0. The molecule has 1 heterocycles. The molecular weight excluding hydrogens is 168 g/mol. The summed E-state index contributed by atoms with van der Waals surface area (Å²) in [6.07, 6.45) is 4.03. The highest BCUT2D eigenvalue weighted by Crippen LogP contribution is 2.30. The van der Waals surface area contributed by atoms with Crippen LogP contribution in [0.25, 0.3) is 0 Å². The van der Waals surface area contributed by atoms with Crippen LogP contribution in [0.5, 0.6) is 0 Å². The summed E-state index contributed by atoms with van der Waals surface area (Å²) in [5, 5.41) is 4.04. The Hall–Kier alpha value is -1.16. The Morgan fingerprint density at radius 3 is 3.15 bits per heavy atom. The number of Topliss-reactive ketones (excluding diaryl/α,β-unsaturated/α-hetero) is 1. The van der Waals surface area contributed by atoms with Crippen molar-refractivity contribution in [1.29, 1.82) is 0 Å². The van der Waals surface area contributed by atoms with Gasteiger partial charge in [0.05, 0.1) is 6.10 Å². The summed E-state index contributed by atoms with van der Waals surface area (Å²) in [4.78, 5) is 11.3. The Kier molecular flexibility index (Phi) is 2.14. The Morgan fingerprint density at radius 1 is 1.77 bits per heavy atom. The summed E-state index contributed by atoms with van der Waals surface area (Å²) >= 11 is 0. The van der Waals surface area contributed by atoms with E-state index in [1.165, 1.54) is 0 Å². The fraction of sp³-hybridized carbons (Fsp3) is 0.556. The molecule has 4 nitrogen and oxygen atoms in total. The van der Waals surface area contributed by atoms with Crippen LogP contribution in [0.2, 0.25) is 0 Å².